The van der Waals surface area contributed by atoms with Gasteiger partial charge in [-0.25, -0.2) is 4.68 Å². The summed E-state index contributed by atoms with van der Waals surface area (Å²) < 4.78 is 7.38. The smallest absolute Gasteiger partial charge is 0.285 e. The minimum Gasteiger partial charge on any atom is -0.379 e. The SMILES string of the molecule is O=C(CCN1CCOCC1)NN1C(=O)C(=Cc2cn(-c3ccccc3)nc2-c2ccc(Cl)cc2)SC1=S. The van der Waals surface area contributed by atoms with E-state index < -0.39 is 0 Å². The molecule has 2 saturated heterocycles. The van der Waals surface area contributed by atoms with Crippen LogP contribution in [0.25, 0.3) is 23.0 Å². The quantitative estimate of drug-likeness (QED) is 0.348. The van der Waals surface area contributed by atoms with Crippen LogP contribution in [0.3, 0.4) is 0 Å². The number of nitrogens with one attached hydrogen (secondary N) is 1. The van der Waals surface area contributed by atoms with E-state index in [2.05, 4.69) is 10.3 Å². The molecule has 0 unspecified atom stereocenters. The lowest BCUT2D eigenvalue weighted by Crippen LogP contribution is -2.46. The molecule has 2 amide bonds. The number of hydrogen-bond donors (Lipinski definition) is 1. The van der Waals surface area contributed by atoms with Crippen LogP contribution in [-0.2, 0) is 14.3 Å². The Balaban J connectivity index is 1.36. The number of amides is 2. The normalized spacial score (nSPS) is 17.5. The van der Waals surface area contributed by atoms with Crippen LogP contribution in [0.15, 0.2) is 65.7 Å². The van der Waals surface area contributed by atoms with Gasteiger partial charge in [0.05, 0.1) is 29.5 Å². The van der Waals surface area contributed by atoms with Crippen molar-refractivity contribution in [3.63, 3.8) is 0 Å². The van der Waals surface area contributed by atoms with E-state index in [0.29, 0.717) is 35.4 Å². The second kappa shape index (κ2) is 11.6. The minimum absolute atomic E-state index is 0.261. The number of benzene rings is 2. The molecule has 2 aliphatic heterocycles. The zero-order valence-electron chi connectivity index (χ0n) is 19.8. The van der Waals surface area contributed by atoms with Gasteiger partial charge in [0, 0.05) is 48.4 Å². The summed E-state index contributed by atoms with van der Waals surface area (Å²) >= 11 is 12.6. The van der Waals surface area contributed by atoms with Crippen LogP contribution in [0, 0.1) is 0 Å². The van der Waals surface area contributed by atoms with Gasteiger partial charge in [0.1, 0.15) is 0 Å². The van der Waals surface area contributed by atoms with Crippen LogP contribution in [0.5, 0.6) is 0 Å². The van der Waals surface area contributed by atoms with Crippen LogP contribution in [0.1, 0.15) is 12.0 Å². The van der Waals surface area contributed by atoms with Gasteiger partial charge in [0.25, 0.3) is 5.91 Å². The summed E-state index contributed by atoms with van der Waals surface area (Å²) in [6.07, 6.45) is 3.89. The van der Waals surface area contributed by atoms with Gasteiger partial charge in [-0.3, -0.25) is 19.9 Å². The maximum Gasteiger partial charge on any atom is 0.285 e. The first-order chi connectivity index (χ1) is 18.0. The summed E-state index contributed by atoms with van der Waals surface area (Å²) in [6, 6.07) is 17.1. The molecule has 1 N–H and O–H groups in total. The number of carbonyl (C=O) groups is 2. The summed E-state index contributed by atoms with van der Waals surface area (Å²) in [5.41, 5.74) is 5.85. The number of morpholine rings is 1. The van der Waals surface area contributed by atoms with Crippen LogP contribution >= 0.6 is 35.6 Å². The molecule has 3 aromatic rings. The lowest BCUT2D eigenvalue weighted by Gasteiger charge is -2.26. The maximum absolute atomic E-state index is 13.2. The van der Waals surface area contributed by atoms with Crippen molar-refractivity contribution < 1.29 is 14.3 Å². The summed E-state index contributed by atoms with van der Waals surface area (Å²) in [5, 5.41) is 6.55. The first kappa shape index (κ1) is 25.6. The monoisotopic (exact) mass is 553 g/mol. The summed E-state index contributed by atoms with van der Waals surface area (Å²) in [6.45, 7) is 3.52. The molecule has 0 saturated carbocycles. The van der Waals surface area contributed by atoms with Gasteiger partial charge >= 0.3 is 0 Å². The third-order valence-corrected chi connectivity index (χ3v) is 7.51. The van der Waals surface area contributed by atoms with Crippen LogP contribution in [0.4, 0.5) is 0 Å². The van der Waals surface area contributed by atoms with Crippen molar-refractivity contribution >= 4 is 57.8 Å². The van der Waals surface area contributed by atoms with E-state index in [0.717, 1.165) is 46.7 Å². The fourth-order valence-corrected chi connectivity index (χ4v) is 5.30. The molecule has 0 aliphatic carbocycles. The zero-order valence-corrected chi connectivity index (χ0v) is 22.2. The van der Waals surface area contributed by atoms with Crippen molar-refractivity contribution in [1.82, 2.24) is 25.1 Å². The Morgan fingerprint density at radius 1 is 1.14 bits per heavy atom. The van der Waals surface area contributed by atoms with E-state index in [4.69, 9.17) is 33.7 Å². The van der Waals surface area contributed by atoms with E-state index in [1.165, 1.54) is 0 Å². The van der Waals surface area contributed by atoms with Crippen molar-refractivity contribution in [2.24, 2.45) is 0 Å². The van der Waals surface area contributed by atoms with Crippen molar-refractivity contribution in [2.45, 2.75) is 6.42 Å². The molecule has 5 rings (SSSR count). The first-order valence-electron chi connectivity index (χ1n) is 11.8. The highest BCUT2D eigenvalue weighted by Gasteiger charge is 2.34. The standard InChI is InChI=1S/C26H24ClN5O3S2/c27-20-8-6-18(7-9-20)24-19(17-31(29-24)21-4-2-1-3-5-21)16-22-25(34)32(26(36)37-22)28-23(33)10-11-30-12-14-35-15-13-30/h1-9,16-17H,10-15H2,(H,28,33). The van der Waals surface area contributed by atoms with Crippen molar-refractivity contribution in [3.05, 3.63) is 76.3 Å². The molecule has 0 atom stereocenters. The molecule has 0 spiro atoms. The predicted octanol–water partition coefficient (Wildman–Crippen LogP) is 4.15. The lowest BCUT2D eigenvalue weighted by molar-refractivity contribution is -0.133. The molecule has 2 aliphatic rings. The van der Waals surface area contributed by atoms with Crippen LogP contribution in [-0.4, -0.2) is 68.7 Å². The number of hydrazine groups is 1. The van der Waals surface area contributed by atoms with Crippen LogP contribution < -0.4 is 5.43 Å². The zero-order chi connectivity index (χ0) is 25.8. The molecular weight excluding hydrogens is 530 g/mol. The Morgan fingerprint density at radius 3 is 2.59 bits per heavy atom. The van der Waals surface area contributed by atoms with Gasteiger partial charge < -0.3 is 4.74 Å². The Kier molecular flexibility index (Phi) is 8.02. The number of thioether (sulfide) groups is 1. The molecule has 2 fully saturated rings. The summed E-state index contributed by atoms with van der Waals surface area (Å²) in [5.74, 6) is -0.632. The van der Waals surface area contributed by atoms with Gasteiger partial charge in [-0.15, -0.1) is 0 Å². The Morgan fingerprint density at radius 2 is 1.86 bits per heavy atom. The molecule has 37 heavy (non-hydrogen) atoms. The lowest BCUT2D eigenvalue weighted by atomic mass is 10.1. The Labute approximate surface area is 229 Å². The van der Waals surface area contributed by atoms with Gasteiger partial charge in [-0.1, -0.05) is 53.7 Å². The molecule has 190 valence electrons. The molecule has 1 aromatic heterocycles. The summed E-state index contributed by atoms with van der Waals surface area (Å²) in [4.78, 5) is 28.3. The van der Waals surface area contributed by atoms with Gasteiger partial charge in [0.2, 0.25) is 5.91 Å². The van der Waals surface area contributed by atoms with Gasteiger partial charge in [0.15, 0.2) is 4.32 Å². The largest absolute Gasteiger partial charge is 0.379 e. The van der Waals surface area contributed by atoms with Crippen molar-refractivity contribution in [3.8, 4) is 16.9 Å². The molecular formula is C26H24ClN5O3S2. The molecule has 3 heterocycles. The molecule has 8 nitrogen and oxygen atoms in total. The molecule has 0 bridgehead atoms. The summed E-state index contributed by atoms with van der Waals surface area (Å²) in [7, 11) is 0. The van der Waals surface area contributed by atoms with E-state index >= 15 is 0 Å². The van der Waals surface area contributed by atoms with E-state index in [-0.39, 0.29) is 22.6 Å². The number of nitrogens with zero attached hydrogens (tertiary/aromatic N) is 4. The fraction of sp³-hybridized carbons (Fsp3) is 0.231. The maximum atomic E-state index is 13.2. The second-order valence-electron chi connectivity index (χ2n) is 8.48. The molecule has 2 aromatic carbocycles. The third-order valence-electron chi connectivity index (χ3n) is 5.96. The van der Waals surface area contributed by atoms with Gasteiger partial charge in [-0.2, -0.15) is 10.1 Å². The number of aromatic nitrogens is 2. The first-order valence-corrected chi connectivity index (χ1v) is 13.4. The highest BCUT2D eigenvalue weighted by molar-refractivity contribution is 8.26. The number of rotatable bonds is 7. The van der Waals surface area contributed by atoms with E-state index in [9.17, 15) is 9.59 Å². The van der Waals surface area contributed by atoms with Crippen LogP contribution in [0.2, 0.25) is 5.02 Å². The topological polar surface area (TPSA) is 79.7 Å². The van der Waals surface area contributed by atoms with E-state index in [1.807, 2.05) is 48.7 Å². The minimum atomic E-state index is -0.371. The number of thiocarbonyl (C=S) groups is 1. The van der Waals surface area contributed by atoms with Gasteiger partial charge in [-0.05, 0) is 42.6 Å². The average Bonchev–Trinajstić information content (AvgIpc) is 3.45. The second-order valence-corrected chi connectivity index (χ2v) is 10.6. The van der Waals surface area contributed by atoms with E-state index in [1.54, 1.807) is 22.9 Å². The Bertz CT molecular complexity index is 1340. The number of halogens is 1. The van der Waals surface area contributed by atoms with Crippen molar-refractivity contribution in [1.29, 1.82) is 0 Å². The number of carbonyl (C=O) groups excluding carboxylic acids is 2. The number of ether oxygens (including phenoxy) is 1. The Hall–Kier alpha value is -3.02. The van der Waals surface area contributed by atoms with Crippen molar-refractivity contribution in [2.75, 3.05) is 32.8 Å². The highest BCUT2D eigenvalue weighted by Crippen LogP contribution is 2.34. The third kappa shape index (κ3) is 6.11. The fourth-order valence-electron chi connectivity index (χ4n) is 4.01. The molecule has 0 radical (unpaired) electrons. The number of hydrogen-bond acceptors (Lipinski definition) is 7. The molecule has 11 heteroatoms. The highest BCUT2D eigenvalue weighted by atomic mass is 35.5. The number of para-hydroxylation sites is 1. The predicted molar refractivity (Wildman–Crippen MR) is 149 cm³/mol. The average molecular weight is 554 g/mol.